The number of Topliss-reactive ketones (excluding diaryl/α,β-unsaturated/α-hetero) is 1. The molecule has 1 saturated heterocycles. The third-order valence-corrected chi connectivity index (χ3v) is 7.63. The molecule has 3 aromatic carbocycles. The number of ketones is 1. The zero-order valence-corrected chi connectivity index (χ0v) is 23.4. The smallest absolute Gasteiger partial charge is 0.301 e. The Labute approximate surface area is 236 Å². The number of benzene rings is 3. The molecule has 5 rings (SSSR count). The van der Waals surface area contributed by atoms with Gasteiger partial charge in [0.05, 0.1) is 42.2 Å². The highest BCUT2D eigenvalue weighted by Crippen LogP contribution is 2.45. The highest BCUT2D eigenvalue weighted by Gasteiger charge is 2.48. The van der Waals surface area contributed by atoms with Crippen molar-refractivity contribution in [2.75, 3.05) is 25.2 Å². The van der Waals surface area contributed by atoms with Gasteiger partial charge in [0, 0.05) is 5.56 Å². The summed E-state index contributed by atoms with van der Waals surface area (Å²) in [7, 11) is 1.58. The van der Waals surface area contributed by atoms with Crippen molar-refractivity contribution < 1.29 is 28.9 Å². The normalized spacial score (nSPS) is 16.5. The number of aromatic nitrogens is 1. The Bertz CT molecular complexity index is 1580. The highest BCUT2D eigenvalue weighted by atomic mass is 32.1. The average Bonchev–Trinajstić information content (AvgIpc) is 3.51. The molecular formula is C31H30N2O6S. The zero-order chi connectivity index (χ0) is 28.2. The van der Waals surface area contributed by atoms with Crippen LogP contribution in [0.4, 0.5) is 5.13 Å². The van der Waals surface area contributed by atoms with Crippen LogP contribution in [-0.2, 0) is 9.59 Å². The van der Waals surface area contributed by atoms with Gasteiger partial charge < -0.3 is 19.3 Å². The second-order valence-electron chi connectivity index (χ2n) is 9.23. The van der Waals surface area contributed by atoms with Crippen molar-refractivity contribution in [3.63, 3.8) is 0 Å². The van der Waals surface area contributed by atoms with Crippen molar-refractivity contribution in [1.82, 2.24) is 4.98 Å². The van der Waals surface area contributed by atoms with Crippen molar-refractivity contribution in [2.24, 2.45) is 0 Å². The molecule has 1 atom stereocenters. The second kappa shape index (κ2) is 11.8. The summed E-state index contributed by atoms with van der Waals surface area (Å²) in [5, 5.41) is 11.8. The van der Waals surface area contributed by atoms with Crippen LogP contribution in [0.3, 0.4) is 0 Å². The van der Waals surface area contributed by atoms with E-state index in [0.29, 0.717) is 52.2 Å². The van der Waals surface area contributed by atoms with E-state index in [9.17, 15) is 14.7 Å². The maximum atomic E-state index is 13.6. The highest BCUT2D eigenvalue weighted by molar-refractivity contribution is 7.22. The summed E-state index contributed by atoms with van der Waals surface area (Å²) in [5.41, 5.74) is 1.68. The second-order valence-corrected chi connectivity index (χ2v) is 10.2. The van der Waals surface area contributed by atoms with Gasteiger partial charge in [-0.05, 0) is 73.5 Å². The number of unbranched alkanes of at least 4 members (excludes halogenated alkanes) is 1. The molecule has 0 spiro atoms. The Kier molecular flexibility index (Phi) is 8.02. The third kappa shape index (κ3) is 5.24. The molecule has 40 heavy (non-hydrogen) atoms. The van der Waals surface area contributed by atoms with Gasteiger partial charge in [-0.3, -0.25) is 14.5 Å². The molecule has 206 valence electrons. The van der Waals surface area contributed by atoms with Gasteiger partial charge in [0.1, 0.15) is 23.0 Å². The van der Waals surface area contributed by atoms with Crippen LogP contribution >= 0.6 is 11.3 Å². The van der Waals surface area contributed by atoms with Gasteiger partial charge in [0.2, 0.25) is 0 Å². The number of ether oxygens (including phenoxy) is 3. The van der Waals surface area contributed by atoms with Crippen LogP contribution in [0.5, 0.6) is 17.2 Å². The van der Waals surface area contributed by atoms with Gasteiger partial charge in [-0.25, -0.2) is 4.98 Å². The molecule has 1 N–H and O–H groups in total. The van der Waals surface area contributed by atoms with E-state index < -0.39 is 17.7 Å². The molecule has 1 amide bonds. The number of hydrogen-bond donors (Lipinski definition) is 1. The topological polar surface area (TPSA) is 98.2 Å². The summed E-state index contributed by atoms with van der Waals surface area (Å²) >= 11 is 1.28. The lowest BCUT2D eigenvalue weighted by Gasteiger charge is -2.23. The number of aliphatic hydroxyl groups excluding tert-OH is 1. The SMILES string of the molecule is CCCCOc1cccc(C2C(=C(O)c3ccc(OCC)cc3)C(=O)C(=O)N2c2nc3ccc(OC)cc3s2)c1. The summed E-state index contributed by atoms with van der Waals surface area (Å²) < 4.78 is 17.6. The molecule has 0 saturated carbocycles. The van der Waals surface area contributed by atoms with Crippen LogP contribution < -0.4 is 19.1 Å². The average molecular weight is 559 g/mol. The van der Waals surface area contributed by atoms with Crippen molar-refractivity contribution in [3.8, 4) is 17.2 Å². The molecule has 4 aromatic rings. The summed E-state index contributed by atoms with van der Waals surface area (Å²) in [6.45, 7) is 5.02. The first kappa shape index (κ1) is 27.2. The molecule has 0 bridgehead atoms. The van der Waals surface area contributed by atoms with E-state index in [2.05, 4.69) is 11.9 Å². The minimum absolute atomic E-state index is 0.0169. The lowest BCUT2D eigenvalue weighted by Crippen LogP contribution is -2.29. The summed E-state index contributed by atoms with van der Waals surface area (Å²) in [6, 6.07) is 18.6. The van der Waals surface area contributed by atoms with E-state index in [0.717, 1.165) is 17.5 Å². The number of anilines is 1. The predicted molar refractivity (Wildman–Crippen MR) is 155 cm³/mol. The molecule has 2 heterocycles. The minimum atomic E-state index is -0.913. The fourth-order valence-electron chi connectivity index (χ4n) is 4.61. The Morgan fingerprint density at radius 3 is 2.48 bits per heavy atom. The van der Waals surface area contributed by atoms with Crippen LogP contribution in [0, 0.1) is 0 Å². The summed E-state index contributed by atoms with van der Waals surface area (Å²) in [6.07, 6.45) is 1.89. The van der Waals surface area contributed by atoms with E-state index in [-0.39, 0.29) is 11.3 Å². The van der Waals surface area contributed by atoms with Crippen molar-refractivity contribution in [3.05, 3.63) is 83.4 Å². The van der Waals surface area contributed by atoms with Gasteiger partial charge in [-0.15, -0.1) is 0 Å². The summed E-state index contributed by atoms with van der Waals surface area (Å²) in [4.78, 5) is 33.2. The lowest BCUT2D eigenvalue weighted by atomic mass is 9.95. The minimum Gasteiger partial charge on any atom is -0.507 e. The van der Waals surface area contributed by atoms with Gasteiger partial charge in [0.25, 0.3) is 5.78 Å². The molecule has 1 aromatic heterocycles. The largest absolute Gasteiger partial charge is 0.507 e. The van der Waals surface area contributed by atoms with E-state index in [1.165, 1.54) is 16.2 Å². The van der Waals surface area contributed by atoms with Crippen LogP contribution in [0.15, 0.2) is 72.3 Å². The number of amides is 1. The van der Waals surface area contributed by atoms with E-state index in [4.69, 9.17) is 14.2 Å². The molecule has 0 radical (unpaired) electrons. The summed E-state index contributed by atoms with van der Waals surface area (Å²) in [5.74, 6) is 0.0959. The molecule has 1 aliphatic heterocycles. The number of nitrogens with zero attached hydrogens (tertiary/aromatic N) is 2. The Balaban J connectivity index is 1.65. The van der Waals surface area contributed by atoms with Crippen molar-refractivity contribution in [1.29, 1.82) is 0 Å². The molecule has 9 heteroatoms. The predicted octanol–water partition coefficient (Wildman–Crippen LogP) is 6.51. The first-order chi connectivity index (χ1) is 19.4. The number of hydrogen-bond acceptors (Lipinski definition) is 8. The quantitative estimate of drug-likeness (QED) is 0.103. The van der Waals surface area contributed by atoms with Crippen LogP contribution in [0.25, 0.3) is 16.0 Å². The van der Waals surface area contributed by atoms with E-state index in [1.54, 1.807) is 43.5 Å². The first-order valence-electron chi connectivity index (χ1n) is 13.2. The Morgan fingerprint density at radius 1 is 0.975 bits per heavy atom. The first-order valence-corrected chi connectivity index (χ1v) is 14.0. The van der Waals surface area contributed by atoms with Gasteiger partial charge in [0.15, 0.2) is 5.13 Å². The van der Waals surface area contributed by atoms with E-state index >= 15 is 0 Å². The number of carbonyl (C=O) groups excluding carboxylic acids is 2. The molecule has 0 aliphatic carbocycles. The van der Waals surface area contributed by atoms with Gasteiger partial charge in [-0.1, -0.05) is 36.8 Å². The number of aliphatic hydroxyl groups is 1. The third-order valence-electron chi connectivity index (χ3n) is 6.61. The number of carbonyl (C=O) groups is 2. The lowest BCUT2D eigenvalue weighted by molar-refractivity contribution is -0.132. The number of rotatable bonds is 10. The van der Waals surface area contributed by atoms with Gasteiger partial charge >= 0.3 is 5.91 Å². The van der Waals surface area contributed by atoms with E-state index in [1.807, 2.05) is 37.3 Å². The molecule has 1 aliphatic rings. The molecule has 8 nitrogen and oxygen atoms in total. The zero-order valence-electron chi connectivity index (χ0n) is 22.5. The monoisotopic (exact) mass is 558 g/mol. The molecular weight excluding hydrogens is 528 g/mol. The van der Waals surface area contributed by atoms with Crippen LogP contribution in [-0.4, -0.2) is 42.1 Å². The maximum absolute atomic E-state index is 13.6. The molecule has 1 fully saturated rings. The van der Waals surface area contributed by atoms with Crippen molar-refractivity contribution >= 4 is 44.1 Å². The number of thiazole rings is 1. The van der Waals surface area contributed by atoms with Crippen LogP contribution in [0.2, 0.25) is 0 Å². The maximum Gasteiger partial charge on any atom is 0.301 e. The fraction of sp³-hybridized carbons (Fsp3) is 0.258. The number of fused-ring (bicyclic) bond motifs is 1. The Morgan fingerprint density at radius 2 is 1.75 bits per heavy atom. The standard InChI is InChI=1S/C31H30N2O6S/c1-4-6-16-39-23-9-7-8-20(17-23)27-26(28(34)19-10-12-21(13-11-19)38-5-2)29(35)30(36)33(27)31-32-24-15-14-22(37-3)18-25(24)40-31/h7-15,17-18,27,34H,4-6,16H2,1-3H3. The number of methoxy groups -OCH3 is 1. The molecule has 1 unspecified atom stereocenters. The van der Waals surface area contributed by atoms with Crippen LogP contribution in [0.1, 0.15) is 43.9 Å². The van der Waals surface area contributed by atoms with Crippen molar-refractivity contribution in [2.45, 2.75) is 32.7 Å². The Hall–Kier alpha value is -4.37. The fourth-order valence-corrected chi connectivity index (χ4v) is 5.63. The van der Waals surface area contributed by atoms with Gasteiger partial charge in [-0.2, -0.15) is 0 Å².